The van der Waals surface area contributed by atoms with Gasteiger partial charge in [-0.15, -0.1) is 11.3 Å². The third-order valence-electron chi connectivity index (χ3n) is 2.66. The maximum atomic E-state index is 12.1. The summed E-state index contributed by atoms with van der Waals surface area (Å²) in [6.45, 7) is 0.432. The Morgan fingerprint density at radius 2 is 2.10 bits per heavy atom. The molecule has 1 N–H and O–H groups in total. The molecule has 5 nitrogen and oxygen atoms in total. The predicted octanol–water partition coefficient (Wildman–Crippen LogP) is 4.12. The molecule has 2 amide bonds. The van der Waals surface area contributed by atoms with Gasteiger partial charge >= 0.3 is 6.03 Å². The van der Waals surface area contributed by atoms with E-state index >= 15 is 0 Å². The van der Waals surface area contributed by atoms with E-state index in [0.29, 0.717) is 28.0 Å². The number of urea groups is 1. The fourth-order valence-corrected chi connectivity index (χ4v) is 2.96. The van der Waals surface area contributed by atoms with Crippen LogP contribution in [-0.4, -0.2) is 30.1 Å². The Morgan fingerprint density at radius 3 is 2.62 bits per heavy atom. The van der Waals surface area contributed by atoms with E-state index in [-0.39, 0.29) is 6.03 Å². The van der Waals surface area contributed by atoms with Gasteiger partial charge in [0.2, 0.25) is 0 Å². The molecule has 1 heterocycles. The monoisotopic (exact) mass is 345 g/mol. The maximum Gasteiger partial charge on any atom is 0.321 e. The summed E-state index contributed by atoms with van der Waals surface area (Å²) in [5.41, 5.74) is 0.502. The molecule has 0 saturated carbocycles. The molecule has 21 heavy (non-hydrogen) atoms. The van der Waals surface area contributed by atoms with Crippen molar-refractivity contribution >= 4 is 46.3 Å². The smallest absolute Gasteiger partial charge is 0.321 e. The van der Waals surface area contributed by atoms with E-state index in [0.717, 1.165) is 5.01 Å². The van der Waals surface area contributed by atoms with Crippen molar-refractivity contribution in [2.75, 3.05) is 19.5 Å². The van der Waals surface area contributed by atoms with Crippen LogP contribution in [0.4, 0.5) is 10.5 Å². The van der Waals surface area contributed by atoms with Crippen molar-refractivity contribution in [1.82, 2.24) is 9.88 Å². The van der Waals surface area contributed by atoms with Crippen molar-refractivity contribution in [2.24, 2.45) is 0 Å². The zero-order valence-corrected chi connectivity index (χ0v) is 13.7. The molecule has 1 aromatic heterocycles. The number of thiazole rings is 1. The van der Waals surface area contributed by atoms with E-state index in [2.05, 4.69) is 10.3 Å². The highest BCUT2D eigenvalue weighted by molar-refractivity contribution is 7.09. The highest BCUT2D eigenvalue weighted by Crippen LogP contribution is 2.35. The van der Waals surface area contributed by atoms with Gasteiger partial charge in [0.05, 0.1) is 23.7 Å². The first-order chi connectivity index (χ1) is 10.0. The lowest BCUT2D eigenvalue weighted by molar-refractivity contribution is 0.220. The molecule has 2 rings (SSSR count). The van der Waals surface area contributed by atoms with Crippen LogP contribution in [0.1, 0.15) is 5.01 Å². The number of amides is 2. The van der Waals surface area contributed by atoms with Gasteiger partial charge in [-0.1, -0.05) is 23.2 Å². The van der Waals surface area contributed by atoms with Crippen LogP contribution in [0.5, 0.6) is 5.75 Å². The van der Waals surface area contributed by atoms with E-state index in [1.54, 1.807) is 25.4 Å². The second kappa shape index (κ2) is 6.98. The van der Waals surface area contributed by atoms with Gasteiger partial charge in [-0.3, -0.25) is 0 Å². The minimum absolute atomic E-state index is 0.275. The average molecular weight is 346 g/mol. The molecule has 0 atom stereocenters. The first kappa shape index (κ1) is 15.9. The van der Waals surface area contributed by atoms with Gasteiger partial charge in [-0.05, 0) is 12.1 Å². The molecule has 0 fully saturated rings. The number of anilines is 1. The number of carbonyl (C=O) groups is 1. The number of rotatable bonds is 4. The molecule has 0 aliphatic heterocycles. The standard InChI is InChI=1S/C13H13Cl2N3O2S/c1-18(7-11-16-3-4-21-11)13(19)17-8-5-9(14)12(20-2)10(15)6-8/h3-6H,7H2,1-2H3,(H,17,19). The van der Waals surface area contributed by atoms with Crippen LogP contribution >= 0.6 is 34.5 Å². The summed E-state index contributed by atoms with van der Waals surface area (Å²) in [6.07, 6.45) is 1.70. The second-order valence-electron chi connectivity index (χ2n) is 4.19. The zero-order valence-electron chi connectivity index (χ0n) is 11.4. The van der Waals surface area contributed by atoms with Gasteiger partial charge in [-0.2, -0.15) is 0 Å². The highest BCUT2D eigenvalue weighted by atomic mass is 35.5. The van der Waals surface area contributed by atoms with Crippen LogP contribution in [0.2, 0.25) is 10.0 Å². The second-order valence-corrected chi connectivity index (χ2v) is 5.98. The Bertz CT molecular complexity index is 611. The summed E-state index contributed by atoms with van der Waals surface area (Å²) >= 11 is 13.6. The van der Waals surface area contributed by atoms with Crippen LogP contribution in [0.15, 0.2) is 23.7 Å². The number of hydrogen-bond acceptors (Lipinski definition) is 4. The summed E-state index contributed by atoms with van der Waals surface area (Å²) in [6, 6.07) is 2.89. The Balaban J connectivity index is 2.05. The lowest BCUT2D eigenvalue weighted by Gasteiger charge is -2.17. The van der Waals surface area contributed by atoms with E-state index in [9.17, 15) is 4.79 Å². The van der Waals surface area contributed by atoms with Crippen molar-refractivity contribution in [1.29, 1.82) is 0 Å². The van der Waals surface area contributed by atoms with E-state index in [1.165, 1.54) is 23.3 Å². The van der Waals surface area contributed by atoms with Crippen LogP contribution in [-0.2, 0) is 6.54 Å². The fourth-order valence-electron chi connectivity index (χ4n) is 1.65. The molecule has 0 aliphatic carbocycles. The van der Waals surface area contributed by atoms with Crippen molar-refractivity contribution in [2.45, 2.75) is 6.54 Å². The molecule has 0 radical (unpaired) electrons. The number of benzene rings is 1. The van der Waals surface area contributed by atoms with Crippen LogP contribution in [0.3, 0.4) is 0 Å². The van der Waals surface area contributed by atoms with Crippen molar-refractivity contribution in [3.63, 3.8) is 0 Å². The van der Waals surface area contributed by atoms with Gasteiger partial charge in [0.15, 0.2) is 5.75 Å². The highest BCUT2D eigenvalue weighted by Gasteiger charge is 2.13. The van der Waals surface area contributed by atoms with Gasteiger partial charge < -0.3 is 15.0 Å². The quantitative estimate of drug-likeness (QED) is 0.906. The van der Waals surface area contributed by atoms with Gasteiger partial charge in [0, 0.05) is 24.3 Å². The number of nitrogens with zero attached hydrogens (tertiary/aromatic N) is 2. The van der Waals surface area contributed by atoms with E-state index in [1.807, 2.05) is 5.38 Å². The Hall–Kier alpha value is -1.50. The molecule has 2 aromatic rings. The SMILES string of the molecule is COc1c(Cl)cc(NC(=O)N(C)Cc2nccs2)cc1Cl. The Labute approximate surface area is 136 Å². The topological polar surface area (TPSA) is 54.5 Å². The third-order valence-corrected chi connectivity index (χ3v) is 3.98. The van der Waals surface area contributed by atoms with Crippen molar-refractivity contribution in [3.8, 4) is 5.75 Å². The van der Waals surface area contributed by atoms with Gasteiger partial charge in [0.1, 0.15) is 5.01 Å². The number of aromatic nitrogens is 1. The number of nitrogens with one attached hydrogen (secondary N) is 1. The first-order valence-electron chi connectivity index (χ1n) is 5.94. The minimum Gasteiger partial charge on any atom is -0.494 e. The zero-order chi connectivity index (χ0) is 15.4. The predicted molar refractivity (Wildman–Crippen MR) is 85.6 cm³/mol. The Morgan fingerprint density at radius 1 is 1.43 bits per heavy atom. The van der Waals surface area contributed by atoms with Crippen molar-refractivity contribution < 1.29 is 9.53 Å². The normalized spacial score (nSPS) is 10.3. The summed E-state index contributed by atoms with van der Waals surface area (Å²) in [4.78, 5) is 17.7. The number of carbonyl (C=O) groups excluding carboxylic acids is 1. The van der Waals surface area contributed by atoms with Crippen molar-refractivity contribution in [3.05, 3.63) is 38.8 Å². The summed E-state index contributed by atoms with van der Waals surface area (Å²) in [5, 5.41) is 6.12. The third kappa shape index (κ3) is 4.00. The molecular formula is C13H13Cl2N3O2S. The minimum atomic E-state index is -0.275. The largest absolute Gasteiger partial charge is 0.494 e. The molecule has 112 valence electrons. The first-order valence-corrected chi connectivity index (χ1v) is 7.58. The lowest BCUT2D eigenvalue weighted by atomic mass is 10.3. The number of halogens is 2. The van der Waals surface area contributed by atoms with Gasteiger partial charge in [-0.25, -0.2) is 9.78 Å². The van der Waals surface area contributed by atoms with E-state index in [4.69, 9.17) is 27.9 Å². The fraction of sp³-hybridized carbons (Fsp3) is 0.231. The number of ether oxygens (including phenoxy) is 1. The lowest BCUT2D eigenvalue weighted by Crippen LogP contribution is -2.30. The molecule has 0 unspecified atom stereocenters. The number of hydrogen-bond donors (Lipinski definition) is 1. The molecular weight excluding hydrogens is 333 g/mol. The Kier molecular flexibility index (Phi) is 5.27. The van der Waals surface area contributed by atoms with Crippen LogP contribution in [0.25, 0.3) is 0 Å². The summed E-state index contributed by atoms with van der Waals surface area (Å²) in [5.74, 6) is 0.382. The number of methoxy groups -OCH3 is 1. The molecule has 0 saturated heterocycles. The molecule has 0 aliphatic rings. The summed E-state index contributed by atoms with van der Waals surface area (Å²) < 4.78 is 5.06. The average Bonchev–Trinajstić information content (AvgIpc) is 2.91. The van der Waals surface area contributed by atoms with Crippen LogP contribution in [0, 0.1) is 0 Å². The molecule has 0 bridgehead atoms. The van der Waals surface area contributed by atoms with Gasteiger partial charge in [0.25, 0.3) is 0 Å². The van der Waals surface area contributed by atoms with Crippen LogP contribution < -0.4 is 10.1 Å². The van der Waals surface area contributed by atoms with E-state index < -0.39 is 0 Å². The molecule has 1 aromatic carbocycles. The maximum absolute atomic E-state index is 12.1. The summed E-state index contributed by atoms with van der Waals surface area (Å²) in [7, 11) is 3.16. The molecule has 0 spiro atoms. The molecule has 8 heteroatoms.